The SMILES string of the molecule is N#Cc1ccc(-n2c3ccccc3c3ccc(-c4ccccc4Nc4ccc5ccccc5c4)cc32)c(C#N)c1. The molecule has 0 fully saturated rings. The number of nitriles is 2. The Kier molecular flexibility index (Phi) is 5.52. The van der Waals surface area contributed by atoms with Crippen LogP contribution in [-0.4, -0.2) is 4.57 Å². The van der Waals surface area contributed by atoms with Crippen molar-refractivity contribution in [2.45, 2.75) is 0 Å². The number of para-hydroxylation sites is 2. The lowest BCUT2D eigenvalue weighted by atomic mass is 10.0. The minimum Gasteiger partial charge on any atom is -0.355 e. The van der Waals surface area contributed by atoms with E-state index in [2.05, 4.69) is 113 Å². The molecule has 0 aliphatic carbocycles. The minimum absolute atomic E-state index is 0.463. The maximum Gasteiger partial charge on any atom is 0.101 e. The van der Waals surface area contributed by atoms with E-state index in [-0.39, 0.29) is 0 Å². The lowest BCUT2D eigenvalue weighted by molar-refractivity contribution is 1.17. The van der Waals surface area contributed by atoms with Crippen molar-refractivity contribution < 1.29 is 0 Å². The van der Waals surface area contributed by atoms with Crippen LogP contribution in [0, 0.1) is 22.7 Å². The summed E-state index contributed by atoms with van der Waals surface area (Å²) < 4.78 is 2.13. The molecule has 0 radical (unpaired) electrons. The number of aromatic nitrogens is 1. The summed E-state index contributed by atoms with van der Waals surface area (Å²) in [7, 11) is 0. The van der Waals surface area contributed by atoms with E-state index in [4.69, 9.17) is 0 Å². The Labute approximate surface area is 231 Å². The van der Waals surface area contributed by atoms with Gasteiger partial charge in [-0.05, 0) is 64.9 Å². The van der Waals surface area contributed by atoms with E-state index in [1.54, 1.807) is 12.1 Å². The van der Waals surface area contributed by atoms with Crippen molar-refractivity contribution in [3.63, 3.8) is 0 Å². The van der Waals surface area contributed by atoms with Crippen molar-refractivity contribution in [2.24, 2.45) is 0 Å². The molecule has 4 nitrogen and oxygen atoms in total. The third-order valence-electron chi connectivity index (χ3n) is 7.43. The molecular formula is C36H22N4. The summed E-state index contributed by atoms with van der Waals surface area (Å²) in [6.45, 7) is 0. The van der Waals surface area contributed by atoms with Gasteiger partial charge >= 0.3 is 0 Å². The second kappa shape index (κ2) is 9.48. The highest BCUT2D eigenvalue weighted by molar-refractivity contribution is 6.10. The number of hydrogen-bond acceptors (Lipinski definition) is 3. The number of rotatable bonds is 4. The zero-order chi connectivity index (χ0) is 27.1. The maximum absolute atomic E-state index is 9.98. The van der Waals surface area contributed by atoms with Gasteiger partial charge in [-0.25, -0.2) is 0 Å². The fourth-order valence-corrected chi connectivity index (χ4v) is 5.55. The molecule has 4 heteroatoms. The fourth-order valence-electron chi connectivity index (χ4n) is 5.55. The van der Waals surface area contributed by atoms with Crippen molar-refractivity contribution in [1.29, 1.82) is 10.5 Å². The molecule has 0 amide bonds. The molecule has 6 aromatic carbocycles. The van der Waals surface area contributed by atoms with Crippen molar-refractivity contribution in [2.75, 3.05) is 5.32 Å². The maximum atomic E-state index is 9.98. The molecule has 0 saturated carbocycles. The smallest absolute Gasteiger partial charge is 0.101 e. The van der Waals surface area contributed by atoms with Crippen LogP contribution < -0.4 is 5.32 Å². The van der Waals surface area contributed by atoms with Crippen LogP contribution in [-0.2, 0) is 0 Å². The van der Waals surface area contributed by atoms with Crippen molar-refractivity contribution >= 4 is 44.0 Å². The molecule has 1 aromatic heterocycles. The highest BCUT2D eigenvalue weighted by Gasteiger charge is 2.17. The number of benzene rings is 6. The van der Waals surface area contributed by atoms with Gasteiger partial charge in [0.25, 0.3) is 0 Å². The van der Waals surface area contributed by atoms with Crippen LogP contribution in [0.3, 0.4) is 0 Å². The molecule has 0 unspecified atom stereocenters. The second-order valence-electron chi connectivity index (χ2n) is 9.77. The first kappa shape index (κ1) is 23.3. The van der Waals surface area contributed by atoms with Gasteiger partial charge in [0, 0.05) is 27.7 Å². The summed E-state index contributed by atoms with van der Waals surface area (Å²) in [4.78, 5) is 0. The largest absolute Gasteiger partial charge is 0.355 e. The van der Waals surface area contributed by atoms with Crippen LogP contribution in [0.15, 0.2) is 127 Å². The molecule has 0 atom stereocenters. The van der Waals surface area contributed by atoms with Gasteiger partial charge < -0.3 is 9.88 Å². The molecule has 186 valence electrons. The topological polar surface area (TPSA) is 64.5 Å². The summed E-state index contributed by atoms with van der Waals surface area (Å²) in [6.07, 6.45) is 0. The molecule has 7 rings (SSSR count). The van der Waals surface area contributed by atoms with E-state index in [1.165, 1.54) is 10.8 Å². The fraction of sp³-hybridized carbons (Fsp3) is 0. The van der Waals surface area contributed by atoms with E-state index in [0.717, 1.165) is 50.0 Å². The van der Waals surface area contributed by atoms with Crippen molar-refractivity contribution in [1.82, 2.24) is 4.57 Å². The number of anilines is 2. The molecule has 1 N–H and O–H groups in total. The average molecular weight is 511 g/mol. The van der Waals surface area contributed by atoms with Gasteiger partial charge in [-0.2, -0.15) is 10.5 Å². The first-order valence-corrected chi connectivity index (χ1v) is 13.1. The standard InChI is InChI=1S/C36H22N4/c37-22-24-13-18-34(28(19-24)23-38)40-35-12-6-4-10-31(35)32-17-15-27(21-36(32)40)30-9-3-5-11-33(30)39-29-16-14-25-7-1-2-8-26(25)20-29/h1-21,39H. The molecule has 0 aliphatic heterocycles. The van der Waals surface area contributed by atoms with Crippen LogP contribution in [0.1, 0.15) is 11.1 Å². The zero-order valence-electron chi connectivity index (χ0n) is 21.5. The van der Waals surface area contributed by atoms with Gasteiger partial charge in [0.1, 0.15) is 6.07 Å². The second-order valence-corrected chi connectivity index (χ2v) is 9.77. The van der Waals surface area contributed by atoms with E-state index in [0.29, 0.717) is 11.1 Å². The van der Waals surface area contributed by atoms with Gasteiger partial charge in [0.05, 0.1) is 33.9 Å². The predicted octanol–water partition coefficient (Wildman–Crippen LogP) is 9.09. The Morgan fingerprint density at radius 3 is 2.23 bits per heavy atom. The minimum atomic E-state index is 0.463. The summed E-state index contributed by atoms with van der Waals surface area (Å²) in [5, 5.41) is 27.6. The third-order valence-corrected chi connectivity index (χ3v) is 7.43. The monoisotopic (exact) mass is 510 g/mol. The summed E-state index contributed by atoms with van der Waals surface area (Å²) in [5.41, 5.74) is 7.88. The van der Waals surface area contributed by atoms with Crippen molar-refractivity contribution in [3.05, 3.63) is 139 Å². The molecule has 40 heavy (non-hydrogen) atoms. The number of hydrogen-bond donors (Lipinski definition) is 1. The van der Waals surface area contributed by atoms with Crippen LogP contribution in [0.4, 0.5) is 11.4 Å². The Balaban J connectivity index is 1.41. The lowest BCUT2D eigenvalue weighted by Crippen LogP contribution is -1.98. The Morgan fingerprint density at radius 2 is 1.35 bits per heavy atom. The van der Waals surface area contributed by atoms with E-state index in [1.807, 2.05) is 24.3 Å². The summed E-state index contributed by atoms with van der Waals surface area (Å²) >= 11 is 0. The predicted molar refractivity (Wildman–Crippen MR) is 163 cm³/mol. The quantitative estimate of drug-likeness (QED) is 0.257. The normalized spacial score (nSPS) is 10.9. The van der Waals surface area contributed by atoms with E-state index >= 15 is 0 Å². The molecule has 0 saturated heterocycles. The van der Waals surface area contributed by atoms with Gasteiger partial charge in [-0.15, -0.1) is 0 Å². The van der Waals surface area contributed by atoms with Crippen LogP contribution in [0.5, 0.6) is 0 Å². The average Bonchev–Trinajstić information content (AvgIpc) is 3.34. The Morgan fingerprint density at radius 1 is 0.575 bits per heavy atom. The molecule has 0 spiro atoms. The van der Waals surface area contributed by atoms with Crippen LogP contribution in [0.2, 0.25) is 0 Å². The van der Waals surface area contributed by atoms with Gasteiger partial charge in [-0.1, -0.05) is 78.9 Å². The van der Waals surface area contributed by atoms with Crippen molar-refractivity contribution in [3.8, 4) is 29.0 Å². The molecule has 1 heterocycles. The van der Waals surface area contributed by atoms with Crippen LogP contribution >= 0.6 is 0 Å². The molecule has 0 aliphatic rings. The molecule has 7 aromatic rings. The van der Waals surface area contributed by atoms with Gasteiger partial charge in [-0.3, -0.25) is 0 Å². The highest BCUT2D eigenvalue weighted by atomic mass is 15.0. The first-order chi connectivity index (χ1) is 19.7. The van der Waals surface area contributed by atoms with E-state index in [9.17, 15) is 10.5 Å². The lowest BCUT2D eigenvalue weighted by Gasteiger charge is -2.14. The number of fused-ring (bicyclic) bond motifs is 4. The Bertz CT molecular complexity index is 2170. The molecular weight excluding hydrogens is 488 g/mol. The number of nitrogens with zero attached hydrogens (tertiary/aromatic N) is 3. The highest BCUT2D eigenvalue weighted by Crippen LogP contribution is 2.38. The van der Waals surface area contributed by atoms with Crippen LogP contribution in [0.25, 0.3) is 49.4 Å². The van der Waals surface area contributed by atoms with Gasteiger partial charge in [0.2, 0.25) is 0 Å². The third kappa shape index (κ3) is 3.84. The summed E-state index contributed by atoms with van der Waals surface area (Å²) in [5.74, 6) is 0. The first-order valence-electron chi connectivity index (χ1n) is 13.1. The Hall–Kier alpha value is -5.84. The summed E-state index contributed by atoms with van der Waals surface area (Å²) in [6, 6.07) is 47.5. The van der Waals surface area contributed by atoms with E-state index < -0.39 is 0 Å². The van der Waals surface area contributed by atoms with Gasteiger partial charge in [0.15, 0.2) is 0 Å². The number of nitrogens with one attached hydrogen (secondary N) is 1. The molecule has 0 bridgehead atoms. The zero-order valence-corrected chi connectivity index (χ0v) is 21.5.